The van der Waals surface area contributed by atoms with E-state index in [1.165, 1.54) is 6.07 Å². The lowest BCUT2D eigenvalue weighted by atomic mass is 9.88. The van der Waals surface area contributed by atoms with Gasteiger partial charge in [-0.3, -0.25) is 0 Å². The molecule has 0 aromatic heterocycles. The summed E-state index contributed by atoms with van der Waals surface area (Å²) in [5, 5.41) is 0. The molecule has 3 atom stereocenters. The summed E-state index contributed by atoms with van der Waals surface area (Å²) in [6, 6.07) is 4.93. The summed E-state index contributed by atoms with van der Waals surface area (Å²) in [6.45, 7) is 2.13. The van der Waals surface area contributed by atoms with E-state index in [-0.39, 0.29) is 11.9 Å². The predicted octanol–water partition coefficient (Wildman–Crippen LogP) is 2.68. The molecule has 1 aliphatic rings. The SMILES string of the molecule is COc1ccc(F)cc1C1CCC(N)C1C. The monoisotopic (exact) mass is 223 g/mol. The van der Waals surface area contributed by atoms with E-state index in [0.29, 0.717) is 11.8 Å². The lowest BCUT2D eigenvalue weighted by Gasteiger charge is -2.20. The summed E-state index contributed by atoms with van der Waals surface area (Å²) in [7, 11) is 1.62. The second kappa shape index (κ2) is 4.42. The van der Waals surface area contributed by atoms with Crippen LogP contribution in [0.1, 0.15) is 31.2 Å². The van der Waals surface area contributed by atoms with Gasteiger partial charge in [-0.05, 0) is 42.9 Å². The molecule has 1 fully saturated rings. The minimum absolute atomic E-state index is 0.205. The summed E-state index contributed by atoms with van der Waals surface area (Å²) in [4.78, 5) is 0. The Kier molecular flexibility index (Phi) is 3.15. The Balaban J connectivity index is 2.35. The Hall–Kier alpha value is -1.09. The summed E-state index contributed by atoms with van der Waals surface area (Å²) in [6.07, 6.45) is 2.02. The molecule has 0 heterocycles. The third kappa shape index (κ3) is 1.92. The maximum Gasteiger partial charge on any atom is 0.123 e. The van der Waals surface area contributed by atoms with Gasteiger partial charge in [0.1, 0.15) is 11.6 Å². The van der Waals surface area contributed by atoms with Crippen molar-refractivity contribution in [2.24, 2.45) is 11.7 Å². The summed E-state index contributed by atoms with van der Waals surface area (Å²) < 4.78 is 18.6. The van der Waals surface area contributed by atoms with Crippen LogP contribution in [0.25, 0.3) is 0 Å². The van der Waals surface area contributed by atoms with Crippen molar-refractivity contribution >= 4 is 0 Å². The molecular weight excluding hydrogens is 205 g/mol. The topological polar surface area (TPSA) is 35.2 Å². The number of hydrogen-bond acceptors (Lipinski definition) is 2. The molecule has 1 aliphatic carbocycles. The van der Waals surface area contributed by atoms with Crippen LogP contribution in [0, 0.1) is 11.7 Å². The fourth-order valence-electron chi connectivity index (χ4n) is 2.63. The van der Waals surface area contributed by atoms with Crippen molar-refractivity contribution in [3.05, 3.63) is 29.6 Å². The lowest BCUT2D eigenvalue weighted by Crippen LogP contribution is -2.24. The van der Waals surface area contributed by atoms with E-state index in [0.717, 1.165) is 24.2 Å². The number of hydrogen-bond donors (Lipinski definition) is 1. The van der Waals surface area contributed by atoms with Gasteiger partial charge in [0.15, 0.2) is 0 Å². The smallest absolute Gasteiger partial charge is 0.123 e. The van der Waals surface area contributed by atoms with Crippen LogP contribution in [0.4, 0.5) is 4.39 Å². The Labute approximate surface area is 95.6 Å². The van der Waals surface area contributed by atoms with Crippen LogP contribution >= 0.6 is 0 Å². The van der Waals surface area contributed by atoms with Gasteiger partial charge in [-0.15, -0.1) is 0 Å². The van der Waals surface area contributed by atoms with Gasteiger partial charge in [-0.1, -0.05) is 6.92 Å². The second-order valence-electron chi connectivity index (χ2n) is 4.59. The number of nitrogens with two attached hydrogens (primary N) is 1. The van der Waals surface area contributed by atoms with Crippen molar-refractivity contribution in [1.29, 1.82) is 0 Å². The molecule has 1 aromatic rings. The minimum Gasteiger partial charge on any atom is -0.496 e. The van der Waals surface area contributed by atoms with Crippen molar-refractivity contribution in [1.82, 2.24) is 0 Å². The van der Waals surface area contributed by atoms with Gasteiger partial charge in [-0.25, -0.2) is 4.39 Å². The number of halogens is 1. The van der Waals surface area contributed by atoms with E-state index in [9.17, 15) is 4.39 Å². The summed E-state index contributed by atoms with van der Waals surface area (Å²) >= 11 is 0. The third-order valence-electron chi connectivity index (χ3n) is 3.71. The van der Waals surface area contributed by atoms with Crippen LogP contribution in [0.3, 0.4) is 0 Å². The van der Waals surface area contributed by atoms with Crippen molar-refractivity contribution in [2.45, 2.75) is 31.7 Å². The van der Waals surface area contributed by atoms with Crippen molar-refractivity contribution in [2.75, 3.05) is 7.11 Å². The summed E-state index contributed by atoms with van der Waals surface area (Å²) in [5.74, 6) is 1.27. The number of benzene rings is 1. The first-order chi connectivity index (χ1) is 7.63. The summed E-state index contributed by atoms with van der Waals surface area (Å²) in [5.41, 5.74) is 6.96. The lowest BCUT2D eigenvalue weighted by molar-refractivity contribution is 0.393. The maximum atomic E-state index is 13.3. The highest BCUT2D eigenvalue weighted by atomic mass is 19.1. The molecule has 0 saturated heterocycles. The molecule has 0 amide bonds. The van der Waals surface area contributed by atoms with Gasteiger partial charge in [0, 0.05) is 11.6 Å². The zero-order valence-electron chi connectivity index (χ0n) is 9.74. The first-order valence-corrected chi connectivity index (χ1v) is 5.72. The number of methoxy groups -OCH3 is 1. The van der Waals surface area contributed by atoms with E-state index in [1.54, 1.807) is 19.2 Å². The zero-order chi connectivity index (χ0) is 11.7. The Morgan fingerprint density at radius 1 is 1.38 bits per heavy atom. The molecule has 88 valence electrons. The van der Waals surface area contributed by atoms with Crippen LogP contribution in [0.2, 0.25) is 0 Å². The second-order valence-corrected chi connectivity index (χ2v) is 4.59. The Bertz CT molecular complexity index is 380. The minimum atomic E-state index is -0.205. The number of ether oxygens (including phenoxy) is 1. The molecule has 0 aliphatic heterocycles. The molecule has 2 nitrogen and oxygen atoms in total. The largest absolute Gasteiger partial charge is 0.496 e. The van der Waals surface area contributed by atoms with Crippen LogP contribution in [-0.2, 0) is 0 Å². The molecule has 1 aromatic carbocycles. The van der Waals surface area contributed by atoms with Crippen molar-refractivity contribution in [3.8, 4) is 5.75 Å². The average Bonchev–Trinajstić information content (AvgIpc) is 2.60. The van der Waals surface area contributed by atoms with E-state index in [1.807, 2.05) is 0 Å². The van der Waals surface area contributed by atoms with E-state index in [2.05, 4.69) is 6.92 Å². The fraction of sp³-hybridized carbons (Fsp3) is 0.538. The van der Waals surface area contributed by atoms with Gasteiger partial charge < -0.3 is 10.5 Å². The van der Waals surface area contributed by atoms with Gasteiger partial charge >= 0.3 is 0 Å². The quantitative estimate of drug-likeness (QED) is 0.836. The average molecular weight is 223 g/mol. The predicted molar refractivity (Wildman–Crippen MR) is 62.1 cm³/mol. The molecule has 1 saturated carbocycles. The highest BCUT2D eigenvalue weighted by Crippen LogP contribution is 2.42. The highest BCUT2D eigenvalue weighted by molar-refractivity contribution is 5.38. The maximum absolute atomic E-state index is 13.3. The zero-order valence-corrected chi connectivity index (χ0v) is 9.74. The number of rotatable bonds is 2. The van der Waals surface area contributed by atoms with Gasteiger partial charge in [0.05, 0.1) is 7.11 Å². The molecule has 2 rings (SSSR count). The molecule has 3 unspecified atom stereocenters. The fourth-order valence-corrected chi connectivity index (χ4v) is 2.63. The van der Waals surface area contributed by atoms with Crippen LogP contribution in [0.15, 0.2) is 18.2 Å². The molecule has 0 spiro atoms. The first-order valence-electron chi connectivity index (χ1n) is 5.72. The van der Waals surface area contributed by atoms with Crippen molar-refractivity contribution < 1.29 is 9.13 Å². The highest BCUT2D eigenvalue weighted by Gasteiger charge is 2.33. The van der Waals surface area contributed by atoms with E-state index >= 15 is 0 Å². The van der Waals surface area contributed by atoms with Gasteiger partial charge in [0.25, 0.3) is 0 Å². The molecule has 0 bridgehead atoms. The van der Waals surface area contributed by atoms with Crippen LogP contribution < -0.4 is 10.5 Å². The molecular formula is C13H18FNO. The van der Waals surface area contributed by atoms with E-state index < -0.39 is 0 Å². The van der Waals surface area contributed by atoms with Crippen molar-refractivity contribution in [3.63, 3.8) is 0 Å². The van der Waals surface area contributed by atoms with Crippen LogP contribution in [-0.4, -0.2) is 13.2 Å². The van der Waals surface area contributed by atoms with Crippen LogP contribution in [0.5, 0.6) is 5.75 Å². The molecule has 2 N–H and O–H groups in total. The normalized spacial score (nSPS) is 29.4. The van der Waals surface area contributed by atoms with Gasteiger partial charge in [0.2, 0.25) is 0 Å². The van der Waals surface area contributed by atoms with E-state index in [4.69, 9.17) is 10.5 Å². The van der Waals surface area contributed by atoms with Gasteiger partial charge in [-0.2, -0.15) is 0 Å². The molecule has 3 heteroatoms. The molecule has 16 heavy (non-hydrogen) atoms. The Morgan fingerprint density at radius 3 is 2.69 bits per heavy atom. The third-order valence-corrected chi connectivity index (χ3v) is 3.71. The molecule has 0 radical (unpaired) electrons. The first kappa shape index (κ1) is 11.4. The standard InChI is InChI=1S/C13H18FNO/c1-8-10(4-5-12(8)15)11-7-9(14)3-6-13(11)16-2/h3,6-8,10,12H,4-5,15H2,1-2H3. The Morgan fingerprint density at radius 2 is 2.12 bits per heavy atom.